The minimum atomic E-state index is -3.66. The summed E-state index contributed by atoms with van der Waals surface area (Å²) in [4.78, 5) is 12.0. The summed E-state index contributed by atoms with van der Waals surface area (Å²) in [5.41, 5.74) is 0.853. The fourth-order valence-corrected chi connectivity index (χ4v) is 2.73. The van der Waals surface area contributed by atoms with Gasteiger partial charge in [-0.1, -0.05) is 28.9 Å². The maximum Gasteiger partial charge on any atom is 0.241 e. The van der Waals surface area contributed by atoms with Crippen molar-refractivity contribution in [3.63, 3.8) is 0 Å². The van der Waals surface area contributed by atoms with Gasteiger partial charge >= 0.3 is 0 Å². The van der Waals surface area contributed by atoms with Gasteiger partial charge in [-0.25, -0.2) is 12.7 Å². The molecule has 1 heterocycles. The number of rotatable bonds is 6. The third-order valence-corrected chi connectivity index (χ3v) is 4.33. The van der Waals surface area contributed by atoms with Gasteiger partial charge in [0, 0.05) is 17.6 Å². The van der Waals surface area contributed by atoms with Gasteiger partial charge in [-0.05, 0) is 24.6 Å². The van der Waals surface area contributed by atoms with Crippen molar-refractivity contribution in [3.05, 3.63) is 46.7 Å². The van der Waals surface area contributed by atoms with Crippen LogP contribution >= 0.6 is 11.6 Å². The number of aryl methyl sites for hydroxylation is 1. The number of hydrogen-bond donors (Lipinski definition) is 1. The summed E-state index contributed by atoms with van der Waals surface area (Å²) in [6.07, 6.45) is 1.00. The molecular weight excluding hydrogens is 342 g/mol. The van der Waals surface area contributed by atoms with E-state index in [4.69, 9.17) is 16.1 Å². The highest BCUT2D eigenvalue weighted by molar-refractivity contribution is 7.92. The number of nitrogens with one attached hydrogen (secondary N) is 1. The van der Waals surface area contributed by atoms with Gasteiger partial charge in [0.25, 0.3) is 0 Å². The fourth-order valence-electron chi connectivity index (χ4n) is 1.83. The molecule has 0 aliphatic carbocycles. The van der Waals surface area contributed by atoms with E-state index in [9.17, 15) is 13.2 Å². The zero-order valence-corrected chi connectivity index (χ0v) is 14.2. The highest BCUT2D eigenvalue weighted by Crippen LogP contribution is 2.16. The lowest BCUT2D eigenvalue weighted by Gasteiger charge is -2.18. The van der Waals surface area contributed by atoms with Crippen LogP contribution in [0.25, 0.3) is 0 Å². The average molecular weight is 358 g/mol. The fraction of sp³-hybridized carbons (Fsp3) is 0.286. The van der Waals surface area contributed by atoms with E-state index in [1.807, 2.05) is 0 Å². The number of sulfonamides is 1. The molecule has 0 fully saturated rings. The standard InChI is InChI=1S/C14H16ClN3O4S/c1-10-7-13(17-22-10)18(23(2,20)21)9-14(19)16-8-11-3-5-12(15)6-4-11/h3-7H,8-9H2,1-2H3,(H,16,19). The molecule has 9 heteroatoms. The molecular formula is C14H16ClN3O4S. The van der Waals surface area contributed by atoms with Crippen LogP contribution in [0.3, 0.4) is 0 Å². The summed E-state index contributed by atoms with van der Waals surface area (Å²) in [6.45, 7) is 1.53. The number of nitrogens with zero attached hydrogens (tertiary/aromatic N) is 2. The summed E-state index contributed by atoms with van der Waals surface area (Å²) in [6, 6.07) is 8.43. The molecule has 2 rings (SSSR count). The molecule has 1 aromatic carbocycles. The number of benzene rings is 1. The molecule has 0 aliphatic heterocycles. The van der Waals surface area contributed by atoms with Gasteiger partial charge in [-0.2, -0.15) is 0 Å². The number of halogens is 1. The van der Waals surface area contributed by atoms with E-state index >= 15 is 0 Å². The van der Waals surface area contributed by atoms with Crippen molar-refractivity contribution in [2.24, 2.45) is 0 Å². The molecule has 0 unspecified atom stereocenters. The lowest BCUT2D eigenvalue weighted by molar-refractivity contribution is -0.119. The molecule has 1 N–H and O–H groups in total. The first-order chi connectivity index (χ1) is 10.8. The second-order valence-corrected chi connectivity index (χ2v) is 7.31. The Morgan fingerprint density at radius 1 is 1.35 bits per heavy atom. The Balaban J connectivity index is 2.02. The van der Waals surface area contributed by atoms with Crippen LogP contribution in [0.5, 0.6) is 0 Å². The third-order valence-electron chi connectivity index (χ3n) is 2.96. The van der Waals surface area contributed by atoms with Gasteiger partial charge in [0.15, 0.2) is 5.82 Å². The van der Waals surface area contributed by atoms with E-state index in [-0.39, 0.29) is 18.9 Å². The van der Waals surface area contributed by atoms with Crippen LogP contribution in [-0.2, 0) is 21.4 Å². The van der Waals surface area contributed by atoms with E-state index in [1.165, 1.54) is 6.07 Å². The van der Waals surface area contributed by atoms with Crippen LogP contribution in [0.1, 0.15) is 11.3 Å². The number of carbonyl (C=O) groups is 1. The predicted octanol–water partition coefficient (Wildman–Crippen LogP) is 1.72. The Morgan fingerprint density at radius 3 is 2.52 bits per heavy atom. The molecule has 0 aliphatic rings. The molecule has 23 heavy (non-hydrogen) atoms. The van der Waals surface area contributed by atoms with Crippen molar-refractivity contribution < 1.29 is 17.7 Å². The third kappa shape index (κ3) is 4.97. The normalized spacial score (nSPS) is 11.3. The van der Waals surface area contributed by atoms with Gasteiger partial charge in [0.1, 0.15) is 12.3 Å². The highest BCUT2D eigenvalue weighted by Gasteiger charge is 2.23. The van der Waals surface area contributed by atoms with Gasteiger partial charge in [-0.3, -0.25) is 4.79 Å². The van der Waals surface area contributed by atoms with Crippen molar-refractivity contribution in [2.45, 2.75) is 13.5 Å². The summed E-state index contributed by atoms with van der Waals surface area (Å²) < 4.78 is 29.4. The molecule has 7 nitrogen and oxygen atoms in total. The highest BCUT2D eigenvalue weighted by atomic mass is 35.5. The Morgan fingerprint density at radius 2 is 2.00 bits per heavy atom. The van der Waals surface area contributed by atoms with Crippen LogP contribution in [0, 0.1) is 6.92 Å². The van der Waals surface area contributed by atoms with Gasteiger partial charge in [0.05, 0.1) is 6.26 Å². The van der Waals surface area contributed by atoms with Crippen LogP contribution in [0.2, 0.25) is 5.02 Å². The smallest absolute Gasteiger partial charge is 0.241 e. The Hall–Kier alpha value is -2.06. The monoisotopic (exact) mass is 357 g/mol. The van der Waals surface area contributed by atoms with Gasteiger partial charge in [-0.15, -0.1) is 0 Å². The molecule has 0 spiro atoms. The summed E-state index contributed by atoms with van der Waals surface area (Å²) >= 11 is 5.79. The molecule has 0 bridgehead atoms. The number of amides is 1. The Kier molecular flexibility index (Phi) is 5.27. The molecule has 1 amide bonds. The lowest BCUT2D eigenvalue weighted by Crippen LogP contribution is -2.40. The second-order valence-electron chi connectivity index (χ2n) is 4.97. The van der Waals surface area contributed by atoms with E-state index < -0.39 is 15.9 Å². The number of hydrogen-bond acceptors (Lipinski definition) is 5. The van der Waals surface area contributed by atoms with Gasteiger partial charge < -0.3 is 9.84 Å². The lowest BCUT2D eigenvalue weighted by atomic mass is 10.2. The molecule has 2 aromatic rings. The first kappa shape index (κ1) is 17.3. The molecule has 0 saturated heterocycles. The first-order valence-corrected chi connectivity index (χ1v) is 8.90. The number of anilines is 1. The summed E-state index contributed by atoms with van der Waals surface area (Å²) in [5, 5.41) is 6.89. The number of carbonyl (C=O) groups excluding carboxylic acids is 1. The van der Waals surface area contributed by atoms with Crippen LogP contribution < -0.4 is 9.62 Å². The van der Waals surface area contributed by atoms with Crippen molar-refractivity contribution in [2.75, 3.05) is 17.1 Å². The van der Waals surface area contributed by atoms with Crippen molar-refractivity contribution in [1.29, 1.82) is 0 Å². The maximum absolute atomic E-state index is 12.0. The molecule has 1 aromatic heterocycles. The zero-order valence-electron chi connectivity index (χ0n) is 12.6. The quantitative estimate of drug-likeness (QED) is 0.849. The largest absolute Gasteiger partial charge is 0.360 e. The summed E-state index contributed by atoms with van der Waals surface area (Å²) in [5.74, 6) is 0.0768. The first-order valence-electron chi connectivity index (χ1n) is 6.68. The molecule has 124 valence electrons. The minimum Gasteiger partial charge on any atom is -0.360 e. The van der Waals surface area contributed by atoms with E-state index in [2.05, 4.69) is 10.5 Å². The topological polar surface area (TPSA) is 92.5 Å². The molecule has 0 atom stereocenters. The maximum atomic E-state index is 12.0. The van der Waals surface area contributed by atoms with E-state index in [0.717, 1.165) is 16.1 Å². The second kappa shape index (κ2) is 7.01. The molecule has 0 saturated carbocycles. The predicted molar refractivity (Wildman–Crippen MR) is 86.7 cm³/mol. The van der Waals surface area contributed by atoms with Crippen LogP contribution in [0.4, 0.5) is 5.82 Å². The number of aromatic nitrogens is 1. The van der Waals surface area contributed by atoms with Crippen LogP contribution in [-0.4, -0.2) is 32.3 Å². The zero-order chi connectivity index (χ0) is 17.0. The van der Waals surface area contributed by atoms with Gasteiger partial charge in [0.2, 0.25) is 15.9 Å². The van der Waals surface area contributed by atoms with Crippen LogP contribution in [0.15, 0.2) is 34.9 Å². The van der Waals surface area contributed by atoms with Crippen molar-refractivity contribution >= 4 is 33.3 Å². The SMILES string of the molecule is Cc1cc(N(CC(=O)NCc2ccc(Cl)cc2)S(C)(=O)=O)no1. The minimum absolute atomic E-state index is 0.0756. The van der Waals surface area contributed by atoms with Crippen molar-refractivity contribution in [3.8, 4) is 0 Å². The average Bonchev–Trinajstić information content (AvgIpc) is 2.89. The van der Waals surface area contributed by atoms with E-state index in [1.54, 1.807) is 31.2 Å². The summed E-state index contributed by atoms with van der Waals surface area (Å²) in [7, 11) is -3.66. The molecule has 0 radical (unpaired) electrons. The Labute approximate surface area is 139 Å². The van der Waals surface area contributed by atoms with Crippen molar-refractivity contribution in [1.82, 2.24) is 10.5 Å². The Bertz CT molecular complexity index is 787. The van der Waals surface area contributed by atoms with E-state index in [0.29, 0.717) is 10.8 Å².